The summed E-state index contributed by atoms with van der Waals surface area (Å²) in [5.41, 5.74) is 3.61. The molecule has 1 aromatic rings. The molecule has 3 nitrogen and oxygen atoms in total. The second-order valence-corrected chi connectivity index (χ2v) is 7.43. The number of hydrogen-bond acceptors (Lipinski definition) is 2. The predicted octanol–water partition coefficient (Wildman–Crippen LogP) is 3.06. The van der Waals surface area contributed by atoms with Gasteiger partial charge in [0.15, 0.2) is 0 Å². The maximum absolute atomic E-state index is 12.9. The van der Waals surface area contributed by atoms with Crippen molar-refractivity contribution in [2.45, 2.75) is 64.2 Å². The molecule has 4 rings (SSSR count). The number of nitrogens with one attached hydrogen (secondary N) is 1. The minimum Gasteiger partial charge on any atom is -0.318 e. The molecule has 0 radical (unpaired) electrons. The topological polar surface area (TPSA) is 32.3 Å². The Labute approximate surface area is 126 Å². The highest BCUT2D eigenvalue weighted by Crippen LogP contribution is 2.49. The van der Waals surface area contributed by atoms with Gasteiger partial charge < -0.3 is 4.90 Å². The van der Waals surface area contributed by atoms with Gasteiger partial charge in [-0.15, -0.1) is 0 Å². The number of carbonyl (C=O) groups is 1. The van der Waals surface area contributed by atoms with Crippen LogP contribution in [0.1, 0.15) is 55.5 Å². The molecular formula is C18H24N2O. The van der Waals surface area contributed by atoms with Crippen LogP contribution in [0.4, 0.5) is 0 Å². The van der Waals surface area contributed by atoms with Gasteiger partial charge in [0.1, 0.15) is 11.7 Å². The number of carbonyl (C=O) groups excluding carboxylic acids is 1. The Balaban J connectivity index is 1.71. The smallest absolute Gasteiger partial charge is 0.244 e. The van der Waals surface area contributed by atoms with E-state index in [0.717, 1.165) is 31.6 Å². The maximum atomic E-state index is 12.9. The van der Waals surface area contributed by atoms with Crippen molar-refractivity contribution in [1.29, 1.82) is 0 Å². The van der Waals surface area contributed by atoms with Gasteiger partial charge in [0.05, 0.1) is 0 Å². The van der Waals surface area contributed by atoms with Crippen molar-refractivity contribution in [2.75, 3.05) is 0 Å². The van der Waals surface area contributed by atoms with Gasteiger partial charge >= 0.3 is 0 Å². The first-order valence-electron chi connectivity index (χ1n) is 8.18. The SMILES string of the molecule is Cc1ccc(C)c(C2NC3(CC3)C(=O)N2C2CC(C)C2)c1. The van der Waals surface area contributed by atoms with Gasteiger partial charge in [-0.2, -0.15) is 0 Å². The Morgan fingerprint density at radius 1 is 1.24 bits per heavy atom. The Morgan fingerprint density at radius 3 is 2.57 bits per heavy atom. The normalized spacial score (nSPS) is 33.4. The van der Waals surface area contributed by atoms with E-state index in [0.29, 0.717) is 11.9 Å². The summed E-state index contributed by atoms with van der Waals surface area (Å²) in [5, 5.41) is 3.67. The molecule has 0 bridgehead atoms. The fourth-order valence-electron chi connectivity index (χ4n) is 3.99. The molecule has 1 saturated heterocycles. The van der Waals surface area contributed by atoms with Gasteiger partial charge in [-0.3, -0.25) is 10.1 Å². The standard InChI is InChI=1S/C18H24N2O/c1-11-4-5-13(3)15(10-11)16-19-18(6-7-18)17(21)20(16)14-8-12(2)9-14/h4-5,10,12,14,16,19H,6-9H2,1-3H3. The number of aryl methyl sites for hydroxylation is 2. The van der Waals surface area contributed by atoms with Crippen molar-refractivity contribution in [3.8, 4) is 0 Å². The lowest BCUT2D eigenvalue weighted by Crippen LogP contribution is -2.47. The molecule has 1 unspecified atom stereocenters. The highest BCUT2D eigenvalue weighted by Gasteiger charge is 2.61. The average Bonchev–Trinajstić information content (AvgIpc) is 3.13. The molecule has 2 aliphatic carbocycles. The molecular weight excluding hydrogens is 260 g/mol. The lowest BCUT2D eigenvalue weighted by molar-refractivity contribution is -0.135. The second kappa shape index (κ2) is 4.33. The van der Waals surface area contributed by atoms with Gasteiger partial charge in [-0.1, -0.05) is 30.7 Å². The maximum Gasteiger partial charge on any atom is 0.244 e. The lowest BCUT2D eigenvalue weighted by Gasteiger charge is -2.42. The molecule has 1 atom stereocenters. The van der Waals surface area contributed by atoms with Gasteiger partial charge in [-0.05, 0) is 56.6 Å². The highest BCUT2D eigenvalue weighted by atomic mass is 16.2. The van der Waals surface area contributed by atoms with Crippen molar-refractivity contribution in [2.24, 2.45) is 5.92 Å². The van der Waals surface area contributed by atoms with Crippen LogP contribution in [0.2, 0.25) is 0 Å². The Morgan fingerprint density at radius 2 is 1.95 bits per heavy atom. The minimum absolute atomic E-state index is 0.0809. The van der Waals surface area contributed by atoms with E-state index >= 15 is 0 Å². The zero-order chi connectivity index (χ0) is 14.8. The number of amides is 1. The van der Waals surface area contributed by atoms with Crippen molar-refractivity contribution in [3.63, 3.8) is 0 Å². The van der Waals surface area contributed by atoms with Gasteiger partial charge in [0, 0.05) is 6.04 Å². The molecule has 21 heavy (non-hydrogen) atoms. The summed E-state index contributed by atoms with van der Waals surface area (Å²) in [4.78, 5) is 15.0. The van der Waals surface area contributed by atoms with Crippen LogP contribution in [0, 0.1) is 19.8 Å². The number of hydrogen-bond donors (Lipinski definition) is 1. The van der Waals surface area contributed by atoms with Crippen LogP contribution in [0.15, 0.2) is 18.2 Å². The Bertz CT molecular complexity index is 599. The molecule has 3 fully saturated rings. The fourth-order valence-corrected chi connectivity index (χ4v) is 3.99. The van der Waals surface area contributed by atoms with Crippen LogP contribution < -0.4 is 5.32 Å². The fraction of sp³-hybridized carbons (Fsp3) is 0.611. The molecule has 112 valence electrons. The monoisotopic (exact) mass is 284 g/mol. The Hall–Kier alpha value is -1.35. The van der Waals surface area contributed by atoms with E-state index in [9.17, 15) is 4.79 Å². The zero-order valence-corrected chi connectivity index (χ0v) is 13.1. The highest BCUT2D eigenvalue weighted by molar-refractivity contribution is 5.92. The second-order valence-electron chi connectivity index (χ2n) is 7.43. The summed E-state index contributed by atoms with van der Waals surface area (Å²) in [7, 11) is 0. The first-order valence-corrected chi connectivity index (χ1v) is 8.18. The van der Waals surface area contributed by atoms with Crippen LogP contribution in [-0.4, -0.2) is 22.4 Å². The molecule has 3 aliphatic rings. The van der Waals surface area contributed by atoms with E-state index in [4.69, 9.17) is 0 Å². The third-order valence-corrected chi connectivity index (χ3v) is 5.56. The van der Waals surface area contributed by atoms with Crippen LogP contribution in [0.5, 0.6) is 0 Å². The summed E-state index contributed by atoms with van der Waals surface area (Å²) in [6.45, 7) is 6.56. The zero-order valence-electron chi connectivity index (χ0n) is 13.1. The number of rotatable bonds is 2. The molecule has 0 aromatic heterocycles. The summed E-state index contributed by atoms with van der Waals surface area (Å²) >= 11 is 0. The van der Waals surface area contributed by atoms with E-state index in [1.165, 1.54) is 16.7 Å². The largest absolute Gasteiger partial charge is 0.318 e. The molecule has 1 heterocycles. The molecule has 2 saturated carbocycles. The van der Waals surface area contributed by atoms with Crippen LogP contribution in [0.25, 0.3) is 0 Å². The van der Waals surface area contributed by atoms with Crippen molar-refractivity contribution < 1.29 is 4.79 Å². The summed E-state index contributed by atoms with van der Waals surface area (Å²) in [5.74, 6) is 1.11. The average molecular weight is 284 g/mol. The predicted molar refractivity (Wildman–Crippen MR) is 82.8 cm³/mol. The number of benzene rings is 1. The van der Waals surface area contributed by atoms with Crippen LogP contribution >= 0.6 is 0 Å². The molecule has 1 spiro atoms. The van der Waals surface area contributed by atoms with Gasteiger partial charge in [0.25, 0.3) is 0 Å². The molecule has 1 aliphatic heterocycles. The van der Waals surface area contributed by atoms with Crippen molar-refractivity contribution in [3.05, 3.63) is 34.9 Å². The molecule has 1 amide bonds. The summed E-state index contributed by atoms with van der Waals surface area (Å²) < 4.78 is 0. The van der Waals surface area contributed by atoms with E-state index in [1.807, 2.05) is 0 Å². The lowest BCUT2D eigenvalue weighted by atomic mass is 9.80. The molecule has 3 heteroatoms. The minimum atomic E-state index is -0.223. The third-order valence-electron chi connectivity index (χ3n) is 5.56. The summed E-state index contributed by atoms with van der Waals surface area (Å²) in [6, 6.07) is 7.01. The first-order chi connectivity index (χ1) is 10.00. The van der Waals surface area contributed by atoms with E-state index in [-0.39, 0.29) is 11.7 Å². The van der Waals surface area contributed by atoms with Gasteiger partial charge in [-0.25, -0.2) is 0 Å². The molecule has 1 N–H and O–H groups in total. The quantitative estimate of drug-likeness (QED) is 0.905. The van der Waals surface area contributed by atoms with Gasteiger partial charge in [0.2, 0.25) is 5.91 Å². The number of nitrogens with zero attached hydrogens (tertiary/aromatic N) is 1. The van der Waals surface area contributed by atoms with Crippen LogP contribution in [0.3, 0.4) is 0 Å². The van der Waals surface area contributed by atoms with E-state index in [1.54, 1.807) is 0 Å². The van der Waals surface area contributed by atoms with E-state index < -0.39 is 0 Å². The third kappa shape index (κ3) is 1.94. The first kappa shape index (κ1) is 13.3. The van der Waals surface area contributed by atoms with E-state index in [2.05, 4.69) is 49.2 Å². The summed E-state index contributed by atoms with van der Waals surface area (Å²) in [6.07, 6.45) is 4.41. The van der Waals surface area contributed by atoms with Crippen molar-refractivity contribution in [1.82, 2.24) is 10.2 Å². The Kier molecular flexibility index (Phi) is 2.74. The van der Waals surface area contributed by atoms with Crippen molar-refractivity contribution >= 4 is 5.91 Å². The van der Waals surface area contributed by atoms with Crippen LogP contribution in [-0.2, 0) is 4.79 Å². The molecule has 1 aromatic carbocycles.